The van der Waals surface area contributed by atoms with Gasteiger partial charge in [-0.25, -0.2) is 13.6 Å². The summed E-state index contributed by atoms with van der Waals surface area (Å²) in [5.41, 5.74) is 6.14. The molecule has 0 aliphatic carbocycles. The predicted molar refractivity (Wildman–Crippen MR) is 153 cm³/mol. The topological polar surface area (TPSA) is 98.3 Å². The minimum absolute atomic E-state index is 0.174. The van der Waals surface area contributed by atoms with Crippen molar-refractivity contribution in [1.29, 1.82) is 0 Å². The number of aryl methyl sites for hydroxylation is 1. The van der Waals surface area contributed by atoms with E-state index in [4.69, 9.17) is 9.90 Å². The van der Waals surface area contributed by atoms with Crippen LogP contribution in [0.2, 0.25) is 0 Å². The Bertz CT molecular complexity index is 1770. The third-order valence-corrected chi connectivity index (χ3v) is 6.51. The number of pyridine rings is 1. The first-order valence-electron chi connectivity index (χ1n) is 12.7. The Morgan fingerprint density at radius 1 is 0.977 bits per heavy atom. The first-order valence-corrected chi connectivity index (χ1v) is 12.7. The predicted octanol–water partition coefficient (Wildman–Crippen LogP) is 7.40. The molecule has 222 valence electrons. The molecule has 5 rings (SSSR count). The van der Waals surface area contributed by atoms with Gasteiger partial charge in [-0.2, -0.15) is 13.2 Å². The standard InChI is InChI=1S/C29H24F2N4O.C2HF3O2/c1-18-23(22-7-3-4-8-27(22)33-18)16-29(36)34-20-10-12-28(35(2)21-6-5-13-32-17-21)24(15-20)19-9-11-25(30)26(31)14-19;3-2(4,5)1(6)7/h3-15,17,33H,16H2,1-2H3,(H,34,36);(H,6,7). The molecular formula is C31H25F5N4O3. The number of para-hydroxylation sites is 1. The Morgan fingerprint density at radius 3 is 2.35 bits per heavy atom. The van der Waals surface area contributed by atoms with Gasteiger partial charge in [0.05, 0.1) is 18.3 Å². The lowest BCUT2D eigenvalue weighted by Crippen LogP contribution is -2.21. The monoisotopic (exact) mass is 596 g/mol. The molecule has 0 spiro atoms. The summed E-state index contributed by atoms with van der Waals surface area (Å²) in [6, 6.07) is 20.8. The molecule has 2 aromatic heterocycles. The van der Waals surface area contributed by atoms with Gasteiger partial charge in [0, 0.05) is 46.8 Å². The van der Waals surface area contributed by atoms with Gasteiger partial charge < -0.3 is 20.3 Å². The maximum absolute atomic E-state index is 14.1. The Kier molecular flexibility index (Phi) is 9.08. The van der Waals surface area contributed by atoms with E-state index in [0.29, 0.717) is 16.8 Å². The van der Waals surface area contributed by atoms with E-state index >= 15 is 0 Å². The summed E-state index contributed by atoms with van der Waals surface area (Å²) in [6.45, 7) is 1.95. The molecule has 0 bridgehead atoms. The first kappa shape index (κ1) is 30.7. The fourth-order valence-electron chi connectivity index (χ4n) is 4.42. The number of alkyl halides is 3. The lowest BCUT2D eigenvalue weighted by atomic mass is 10.0. The number of carboxylic acid groups (broad SMARTS) is 1. The molecule has 3 N–H and O–H groups in total. The van der Waals surface area contributed by atoms with Crippen LogP contribution >= 0.6 is 0 Å². The summed E-state index contributed by atoms with van der Waals surface area (Å²) in [6.07, 6.45) is -1.48. The van der Waals surface area contributed by atoms with Crippen LogP contribution < -0.4 is 10.2 Å². The Hall–Kier alpha value is -5.26. The second kappa shape index (κ2) is 12.7. The molecule has 3 aromatic carbocycles. The van der Waals surface area contributed by atoms with E-state index in [9.17, 15) is 26.7 Å². The van der Waals surface area contributed by atoms with Crippen LogP contribution in [0.4, 0.5) is 39.0 Å². The van der Waals surface area contributed by atoms with Gasteiger partial charge in [-0.3, -0.25) is 9.78 Å². The number of halogens is 5. The number of nitrogens with zero attached hydrogens (tertiary/aromatic N) is 2. The van der Waals surface area contributed by atoms with Gasteiger partial charge >= 0.3 is 12.1 Å². The van der Waals surface area contributed by atoms with Crippen LogP contribution in [0.25, 0.3) is 22.0 Å². The second-order valence-corrected chi connectivity index (χ2v) is 9.43. The molecule has 0 aliphatic heterocycles. The average molecular weight is 597 g/mol. The van der Waals surface area contributed by atoms with Crippen LogP contribution in [0.15, 0.2) is 85.2 Å². The highest BCUT2D eigenvalue weighted by Crippen LogP contribution is 2.37. The fraction of sp³-hybridized carbons (Fsp3) is 0.129. The first-order chi connectivity index (χ1) is 20.3. The number of aliphatic carboxylic acids is 1. The fourth-order valence-corrected chi connectivity index (χ4v) is 4.42. The van der Waals surface area contributed by atoms with Crippen molar-refractivity contribution in [2.24, 2.45) is 0 Å². The molecule has 0 aliphatic rings. The summed E-state index contributed by atoms with van der Waals surface area (Å²) in [5, 5.41) is 11.1. The van der Waals surface area contributed by atoms with Gasteiger partial charge in [-0.15, -0.1) is 0 Å². The molecule has 0 atom stereocenters. The number of amides is 1. The average Bonchev–Trinajstić information content (AvgIpc) is 3.28. The number of carbonyl (C=O) groups excluding carboxylic acids is 1. The van der Waals surface area contributed by atoms with Gasteiger partial charge in [-0.05, 0) is 66.6 Å². The van der Waals surface area contributed by atoms with E-state index in [1.165, 1.54) is 6.07 Å². The number of H-pyrrole nitrogens is 1. The SMILES string of the molecule is Cc1[nH]c2ccccc2c1CC(=O)Nc1ccc(N(C)c2cccnc2)c(-c2ccc(F)c(F)c2)c1.O=C(O)C(F)(F)F. The number of fused-ring (bicyclic) bond motifs is 1. The Morgan fingerprint density at radius 2 is 1.70 bits per heavy atom. The molecule has 0 saturated carbocycles. The number of aromatic amines is 1. The lowest BCUT2D eigenvalue weighted by molar-refractivity contribution is -0.192. The second-order valence-electron chi connectivity index (χ2n) is 9.43. The lowest BCUT2D eigenvalue weighted by Gasteiger charge is -2.23. The largest absolute Gasteiger partial charge is 0.490 e. The molecule has 7 nitrogen and oxygen atoms in total. The van der Waals surface area contributed by atoms with Crippen LogP contribution in [0.3, 0.4) is 0 Å². The minimum Gasteiger partial charge on any atom is -0.475 e. The summed E-state index contributed by atoms with van der Waals surface area (Å²) >= 11 is 0. The molecule has 5 aromatic rings. The summed E-state index contributed by atoms with van der Waals surface area (Å²) < 4.78 is 59.5. The number of anilines is 3. The number of hydrogen-bond acceptors (Lipinski definition) is 4. The van der Waals surface area contributed by atoms with Gasteiger partial charge in [-0.1, -0.05) is 24.3 Å². The van der Waals surface area contributed by atoms with Crippen molar-refractivity contribution in [3.8, 4) is 11.1 Å². The highest BCUT2D eigenvalue weighted by molar-refractivity contribution is 5.97. The van der Waals surface area contributed by atoms with E-state index in [1.54, 1.807) is 24.5 Å². The molecule has 0 fully saturated rings. The number of rotatable bonds is 6. The third kappa shape index (κ3) is 7.34. The minimum atomic E-state index is -5.08. The van der Waals surface area contributed by atoms with E-state index in [0.717, 1.165) is 45.7 Å². The van der Waals surface area contributed by atoms with E-state index in [1.807, 2.05) is 61.3 Å². The smallest absolute Gasteiger partial charge is 0.475 e. The van der Waals surface area contributed by atoms with Crippen LogP contribution in [0.1, 0.15) is 11.3 Å². The molecule has 2 heterocycles. The van der Waals surface area contributed by atoms with E-state index < -0.39 is 23.8 Å². The van der Waals surface area contributed by atoms with E-state index in [2.05, 4.69) is 15.3 Å². The van der Waals surface area contributed by atoms with Gasteiger partial charge in [0.15, 0.2) is 11.6 Å². The van der Waals surface area contributed by atoms with Crippen molar-refractivity contribution in [3.63, 3.8) is 0 Å². The zero-order valence-corrected chi connectivity index (χ0v) is 22.8. The van der Waals surface area contributed by atoms with Crippen molar-refractivity contribution in [2.45, 2.75) is 19.5 Å². The zero-order valence-electron chi connectivity index (χ0n) is 22.8. The number of carbonyl (C=O) groups is 2. The number of aromatic nitrogens is 2. The highest BCUT2D eigenvalue weighted by Gasteiger charge is 2.38. The molecule has 0 saturated heterocycles. The summed E-state index contributed by atoms with van der Waals surface area (Å²) in [4.78, 5) is 31.3. The summed E-state index contributed by atoms with van der Waals surface area (Å²) in [7, 11) is 1.87. The van der Waals surface area contributed by atoms with Crippen molar-refractivity contribution in [2.75, 3.05) is 17.3 Å². The van der Waals surface area contributed by atoms with E-state index in [-0.39, 0.29) is 12.3 Å². The number of carboxylic acids is 1. The van der Waals surface area contributed by atoms with Gasteiger partial charge in [0.2, 0.25) is 5.91 Å². The van der Waals surface area contributed by atoms with Crippen LogP contribution in [0, 0.1) is 18.6 Å². The van der Waals surface area contributed by atoms with Gasteiger partial charge in [0.25, 0.3) is 0 Å². The number of nitrogens with one attached hydrogen (secondary N) is 2. The summed E-state index contributed by atoms with van der Waals surface area (Å²) in [5.74, 6) is -4.79. The van der Waals surface area contributed by atoms with Crippen LogP contribution in [-0.2, 0) is 16.0 Å². The maximum atomic E-state index is 14.1. The molecule has 12 heteroatoms. The Labute approximate surface area is 242 Å². The van der Waals surface area contributed by atoms with Gasteiger partial charge in [0.1, 0.15) is 0 Å². The van der Waals surface area contributed by atoms with Crippen molar-refractivity contribution in [1.82, 2.24) is 9.97 Å². The molecule has 0 radical (unpaired) electrons. The van der Waals surface area contributed by atoms with Crippen molar-refractivity contribution in [3.05, 3.63) is 108 Å². The van der Waals surface area contributed by atoms with Crippen LogP contribution in [0.5, 0.6) is 0 Å². The van der Waals surface area contributed by atoms with Crippen molar-refractivity contribution < 1.29 is 36.6 Å². The third-order valence-electron chi connectivity index (χ3n) is 6.51. The van der Waals surface area contributed by atoms with Crippen molar-refractivity contribution >= 4 is 39.8 Å². The highest BCUT2D eigenvalue weighted by atomic mass is 19.4. The molecule has 43 heavy (non-hydrogen) atoms. The number of benzene rings is 3. The molecule has 1 amide bonds. The molecular weight excluding hydrogens is 571 g/mol. The number of hydrogen-bond donors (Lipinski definition) is 3. The zero-order chi connectivity index (χ0) is 31.3. The maximum Gasteiger partial charge on any atom is 0.490 e. The normalized spacial score (nSPS) is 11.0. The quantitative estimate of drug-likeness (QED) is 0.178. The Balaban J connectivity index is 0.000000541. The molecule has 0 unspecified atom stereocenters. The van der Waals surface area contributed by atoms with Crippen LogP contribution in [-0.4, -0.2) is 40.2 Å².